The van der Waals surface area contributed by atoms with E-state index in [1.54, 1.807) is 6.92 Å². The Morgan fingerprint density at radius 2 is 1.48 bits per heavy atom. The average molecular weight is 298 g/mol. The first-order valence-electron chi connectivity index (χ1n) is 7.57. The van der Waals surface area contributed by atoms with Crippen LogP contribution in [-0.2, 0) is 4.79 Å². The van der Waals surface area contributed by atoms with Crippen LogP contribution in [0.5, 0.6) is 0 Å². The summed E-state index contributed by atoms with van der Waals surface area (Å²) in [4.78, 5) is 11.4. The summed E-state index contributed by atoms with van der Waals surface area (Å²) < 4.78 is 26.3. The van der Waals surface area contributed by atoms with Crippen LogP contribution >= 0.6 is 0 Å². The summed E-state index contributed by atoms with van der Waals surface area (Å²) in [6.45, 7) is 9.29. The predicted molar refractivity (Wildman–Crippen MR) is 85.7 cm³/mol. The topological polar surface area (TPSA) is 17.1 Å². The van der Waals surface area contributed by atoms with E-state index in [2.05, 4.69) is 32.9 Å². The lowest BCUT2D eigenvalue weighted by Crippen LogP contribution is -2.25. The molecule has 0 aromatic heterocycles. The van der Waals surface area contributed by atoms with Crippen molar-refractivity contribution in [3.63, 3.8) is 0 Å². The molecule has 0 heterocycles. The molecule has 21 heavy (non-hydrogen) atoms. The van der Waals surface area contributed by atoms with Crippen molar-refractivity contribution < 1.29 is 13.6 Å². The van der Waals surface area contributed by atoms with Gasteiger partial charge in [-0.25, -0.2) is 0 Å². The summed E-state index contributed by atoms with van der Waals surface area (Å²) in [5.41, 5.74) is 3.32. The lowest BCUT2D eigenvalue weighted by molar-refractivity contribution is -0.137. The number of halogens is 2. The molecule has 0 bridgehead atoms. The van der Waals surface area contributed by atoms with Gasteiger partial charge in [-0.3, -0.25) is 4.79 Å². The first-order valence-corrected chi connectivity index (χ1v) is 7.57. The van der Waals surface area contributed by atoms with E-state index < -0.39 is 18.1 Å². The van der Waals surface area contributed by atoms with Crippen LogP contribution in [0, 0.1) is 0 Å². The molecule has 0 aliphatic heterocycles. The second-order valence-electron chi connectivity index (χ2n) is 5.82. The molecular weight excluding hydrogens is 270 g/mol. The van der Waals surface area contributed by atoms with Gasteiger partial charge in [-0.05, 0) is 59.5 Å². The molecule has 1 nitrogen and oxygen atoms in total. The molecule has 0 amide bonds. The fourth-order valence-corrected chi connectivity index (χ4v) is 1.81. The largest absolute Gasteiger partial charge is 0.308 e. The van der Waals surface area contributed by atoms with Crippen LogP contribution in [0.4, 0.5) is 8.78 Å². The van der Waals surface area contributed by atoms with E-state index >= 15 is 0 Å². The summed E-state index contributed by atoms with van der Waals surface area (Å²) in [5.74, 6) is -4.30. The van der Waals surface area contributed by atoms with Crippen molar-refractivity contribution in [3.8, 4) is 0 Å². The maximum Gasteiger partial charge on any atom is 0.308 e. The maximum atomic E-state index is 13.2. The van der Waals surface area contributed by atoms with Crippen LogP contribution in [0.1, 0.15) is 66.7 Å². The number of hydrogen-bond donors (Lipinski definition) is 0. The van der Waals surface area contributed by atoms with Gasteiger partial charge in [0.15, 0.2) is 0 Å². The van der Waals surface area contributed by atoms with E-state index in [9.17, 15) is 13.6 Å². The Labute approximate surface area is 127 Å². The van der Waals surface area contributed by atoms with Crippen LogP contribution in [-0.4, -0.2) is 11.7 Å². The highest BCUT2D eigenvalue weighted by Crippen LogP contribution is 2.21. The smallest absolute Gasteiger partial charge is 0.288 e. The Morgan fingerprint density at radius 1 is 0.952 bits per heavy atom. The zero-order valence-corrected chi connectivity index (χ0v) is 13.9. The van der Waals surface area contributed by atoms with Gasteiger partial charge in [0.05, 0.1) is 0 Å². The molecule has 0 saturated heterocycles. The molecule has 0 rings (SSSR count). The van der Waals surface area contributed by atoms with E-state index in [0.717, 1.165) is 25.3 Å². The fraction of sp³-hybridized carbons (Fsp3) is 0.611. The van der Waals surface area contributed by atoms with Gasteiger partial charge in [0.25, 0.3) is 0 Å². The van der Waals surface area contributed by atoms with Crippen molar-refractivity contribution in [1.29, 1.82) is 0 Å². The number of alkyl halides is 2. The van der Waals surface area contributed by atoms with Gasteiger partial charge in [0, 0.05) is 6.42 Å². The molecule has 0 aromatic rings. The molecule has 0 unspecified atom stereocenters. The number of carbonyl (C=O) groups excluding carboxylic acids is 1. The Morgan fingerprint density at radius 3 is 2.00 bits per heavy atom. The van der Waals surface area contributed by atoms with E-state index in [1.807, 2.05) is 0 Å². The number of ketones is 1. The molecule has 3 heteroatoms. The monoisotopic (exact) mass is 298 g/mol. The molecule has 0 spiro atoms. The third kappa shape index (κ3) is 9.33. The predicted octanol–water partition coefficient (Wildman–Crippen LogP) is 6.02. The van der Waals surface area contributed by atoms with Crippen LogP contribution < -0.4 is 0 Å². The van der Waals surface area contributed by atoms with Gasteiger partial charge >= 0.3 is 5.92 Å². The van der Waals surface area contributed by atoms with E-state index in [0.29, 0.717) is 12.0 Å². The third-order valence-corrected chi connectivity index (χ3v) is 3.30. The van der Waals surface area contributed by atoms with Gasteiger partial charge in [-0.2, -0.15) is 8.78 Å². The molecule has 0 aliphatic rings. The number of carbonyl (C=O) groups is 1. The van der Waals surface area contributed by atoms with Crippen molar-refractivity contribution in [3.05, 3.63) is 34.9 Å². The minimum Gasteiger partial charge on any atom is -0.288 e. The van der Waals surface area contributed by atoms with Crippen LogP contribution in [0.15, 0.2) is 34.9 Å². The Balaban J connectivity index is 4.27. The molecule has 120 valence electrons. The van der Waals surface area contributed by atoms with Gasteiger partial charge in [0.1, 0.15) is 0 Å². The summed E-state index contributed by atoms with van der Waals surface area (Å²) >= 11 is 0. The molecule has 0 N–H and O–H groups in total. The number of hydrogen-bond acceptors (Lipinski definition) is 1. The van der Waals surface area contributed by atoms with Crippen LogP contribution in [0.3, 0.4) is 0 Å². The maximum absolute atomic E-state index is 13.2. The standard InChI is InChI=1S/C18H28F2O/c1-6-18(19,20)17(21)13-16(5)12-8-11-15(4)10-7-9-14(2)3/h9,11,13H,6-8,10,12H2,1-5H3. The first kappa shape index (κ1) is 19.8. The third-order valence-electron chi connectivity index (χ3n) is 3.30. The molecule has 0 radical (unpaired) electrons. The number of rotatable bonds is 9. The summed E-state index contributed by atoms with van der Waals surface area (Å²) in [6, 6.07) is 0. The second-order valence-corrected chi connectivity index (χ2v) is 5.82. The Hall–Kier alpha value is -1.25. The molecular formula is C18H28F2O. The van der Waals surface area contributed by atoms with E-state index in [-0.39, 0.29) is 0 Å². The summed E-state index contributed by atoms with van der Waals surface area (Å²) in [6.07, 6.45) is 8.45. The van der Waals surface area contributed by atoms with Crippen molar-refractivity contribution in [2.24, 2.45) is 0 Å². The SMILES string of the molecule is CCC(F)(F)C(=O)C=C(C)CCC=C(C)CCC=C(C)C. The quantitative estimate of drug-likeness (QED) is 0.376. The van der Waals surface area contributed by atoms with Gasteiger partial charge in [-0.1, -0.05) is 35.8 Å². The zero-order valence-electron chi connectivity index (χ0n) is 13.9. The van der Waals surface area contributed by atoms with Crippen LogP contribution in [0.25, 0.3) is 0 Å². The second kappa shape index (κ2) is 9.64. The van der Waals surface area contributed by atoms with Crippen LogP contribution in [0.2, 0.25) is 0 Å². The molecule has 0 aliphatic carbocycles. The molecule has 0 aromatic carbocycles. The average Bonchev–Trinajstić information content (AvgIpc) is 2.38. The fourth-order valence-electron chi connectivity index (χ4n) is 1.81. The lowest BCUT2D eigenvalue weighted by atomic mass is 10.0. The minimum absolute atomic E-state index is 0.445. The van der Waals surface area contributed by atoms with Gasteiger partial charge in [0.2, 0.25) is 5.78 Å². The van der Waals surface area contributed by atoms with Crippen molar-refractivity contribution >= 4 is 5.78 Å². The van der Waals surface area contributed by atoms with E-state index in [4.69, 9.17) is 0 Å². The van der Waals surface area contributed by atoms with Gasteiger partial charge in [-0.15, -0.1) is 0 Å². The number of allylic oxidation sites excluding steroid dienone is 6. The molecule has 0 fully saturated rings. The highest BCUT2D eigenvalue weighted by molar-refractivity contribution is 5.96. The Bertz CT molecular complexity index is 424. The lowest BCUT2D eigenvalue weighted by Gasteiger charge is -2.10. The van der Waals surface area contributed by atoms with Crippen molar-refractivity contribution in [2.45, 2.75) is 72.6 Å². The zero-order chi connectivity index (χ0) is 16.5. The molecule has 0 saturated carbocycles. The Kier molecular flexibility index (Phi) is 9.07. The highest BCUT2D eigenvalue weighted by atomic mass is 19.3. The first-order chi connectivity index (χ1) is 9.69. The normalized spacial score (nSPS) is 13.3. The minimum atomic E-state index is -3.22. The highest BCUT2D eigenvalue weighted by Gasteiger charge is 2.34. The summed E-state index contributed by atoms with van der Waals surface area (Å²) in [5, 5.41) is 0. The van der Waals surface area contributed by atoms with Gasteiger partial charge < -0.3 is 0 Å². The van der Waals surface area contributed by atoms with Crippen molar-refractivity contribution in [1.82, 2.24) is 0 Å². The van der Waals surface area contributed by atoms with E-state index in [1.165, 1.54) is 18.1 Å². The van der Waals surface area contributed by atoms with Crippen molar-refractivity contribution in [2.75, 3.05) is 0 Å². The molecule has 0 atom stereocenters. The summed E-state index contributed by atoms with van der Waals surface area (Å²) in [7, 11) is 0.